The molecule has 0 radical (unpaired) electrons. The van der Waals surface area contributed by atoms with Gasteiger partial charge in [-0.05, 0) is 11.1 Å². The number of alkyl halides is 1. The van der Waals surface area contributed by atoms with Crippen LogP contribution in [0.5, 0.6) is 0 Å². The fraction of sp³-hybridized carbons (Fsp3) is 0.111. The maximum Gasteiger partial charge on any atom is 0.237 e. The number of benzene rings is 2. The quantitative estimate of drug-likeness (QED) is 0.721. The molecule has 1 aromatic heterocycles. The van der Waals surface area contributed by atoms with E-state index in [-0.39, 0.29) is 0 Å². The van der Waals surface area contributed by atoms with Crippen LogP contribution in [0.4, 0.5) is 0 Å². The molecule has 5 heteroatoms. The van der Waals surface area contributed by atoms with E-state index in [4.69, 9.17) is 17.3 Å². The standard InChI is InChI=1S/C18H15ClN2OS/c19-15(16(20)22)18(17-21-11-12-23-17,13-7-3-1-4-8-13)14-9-5-2-6-10-14/h1-12,15H,(H2,20,22). The van der Waals surface area contributed by atoms with Gasteiger partial charge in [-0.2, -0.15) is 0 Å². The van der Waals surface area contributed by atoms with Crippen molar-refractivity contribution in [2.45, 2.75) is 10.8 Å². The number of rotatable bonds is 5. The number of carbonyl (C=O) groups is 1. The van der Waals surface area contributed by atoms with E-state index in [1.165, 1.54) is 11.3 Å². The highest BCUT2D eigenvalue weighted by molar-refractivity contribution is 7.09. The summed E-state index contributed by atoms with van der Waals surface area (Å²) < 4.78 is 0. The minimum atomic E-state index is -0.960. The molecule has 1 unspecified atom stereocenters. The maximum atomic E-state index is 12.1. The molecule has 2 aromatic carbocycles. The number of nitrogens with zero attached hydrogens (tertiary/aromatic N) is 1. The van der Waals surface area contributed by atoms with Crippen LogP contribution in [0.2, 0.25) is 0 Å². The Balaban J connectivity index is 2.37. The molecule has 0 spiro atoms. The third kappa shape index (κ3) is 2.64. The second-order valence-corrected chi connectivity index (χ2v) is 6.47. The van der Waals surface area contributed by atoms with Crippen molar-refractivity contribution < 1.29 is 4.79 Å². The SMILES string of the molecule is NC(=O)C(Cl)C(c1ccccc1)(c1ccccc1)c1nccs1. The van der Waals surface area contributed by atoms with Gasteiger partial charge >= 0.3 is 0 Å². The van der Waals surface area contributed by atoms with E-state index < -0.39 is 16.7 Å². The van der Waals surface area contributed by atoms with Crippen molar-refractivity contribution in [2.24, 2.45) is 5.73 Å². The molecule has 0 aliphatic carbocycles. The Morgan fingerprint density at radius 2 is 1.57 bits per heavy atom. The lowest BCUT2D eigenvalue weighted by Gasteiger charge is -2.35. The van der Waals surface area contributed by atoms with Crippen LogP contribution >= 0.6 is 22.9 Å². The van der Waals surface area contributed by atoms with Crippen LogP contribution in [0.3, 0.4) is 0 Å². The molecular formula is C18H15ClN2OS. The molecule has 3 nitrogen and oxygen atoms in total. The number of thiazole rings is 1. The van der Waals surface area contributed by atoms with Gasteiger partial charge in [0.05, 0.1) is 5.41 Å². The van der Waals surface area contributed by atoms with Crippen LogP contribution in [-0.4, -0.2) is 16.3 Å². The summed E-state index contributed by atoms with van der Waals surface area (Å²) in [5.74, 6) is -0.574. The molecule has 0 saturated heterocycles. The number of nitrogens with two attached hydrogens (primary N) is 1. The highest BCUT2D eigenvalue weighted by Gasteiger charge is 2.47. The molecule has 0 aliphatic rings. The number of hydrogen-bond acceptors (Lipinski definition) is 3. The van der Waals surface area contributed by atoms with Gasteiger partial charge in [0, 0.05) is 11.6 Å². The first-order chi connectivity index (χ1) is 11.2. The summed E-state index contributed by atoms with van der Waals surface area (Å²) >= 11 is 8.05. The van der Waals surface area contributed by atoms with Gasteiger partial charge in [0.15, 0.2) is 0 Å². The van der Waals surface area contributed by atoms with E-state index in [1.54, 1.807) is 6.20 Å². The van der Waals surface area contributed by atoms with E-state index >= 15 is 0 Å². The summed E-state index contributed by atoms with van der Waals surface area (Å²) in [5.41, 5.74) is 6.47. The highest BCUT2D eigenvalue weighted by Crippen LogP contribution is 2.45. The van der Waals surface area contributed by atoms with Crippen molar-refractivity contribution in [1.82, 2.24) is 4.98 Å². The molecule has 116 valence electrons. The fourth-order valence-electron chi connectivity index (χ4n) is 2.85. The minimum absolute atomic E-state index is 0.574. The summed E-state index contributed by atoms with van der Waals surface area (Å²) in [7, 11) is 0. The summed E-state index contributed by atoms with van der Waals surface area (Å²) in [6, 6.07) is 19.3. The van der Waals surface area contributed by atoms with Gasteiger partial charge < -0.3 is 5.73 Å². The van der Waals surface area contributed by atoms with E-state index in [0.29, 0.717) is 0 Å². The van der Waals surface area contributed by atoms with Gasteiger partial charge in [-0.15, -0.1) is 22.9 Å². The molecule has 0 saturated carbocycles. The molecule has 2 N–H and O–H groups in total. The average molecular weight is 343 g/mol. The third-order valence-corrected chi connectivity index (χ3v) is 5.31. The Kier molecular flexibility index (Phi) is 4.46. The van der Waals surface area contributed by atoms with Crippen LogP contribution in [-0.2, 0) is 10.2 Å². The van der Waals surface area contributed by atoms with Crippen LogP contribution in [0.15, 0.2) is 72.2 Å². The van der Waals surface area contributed by atoms with Crippen LogP contribution in [0.1, 0.15) is 16.1 Å². The monoisotopic (exact) mass is 342 g/mol. The van der Waals surface area contributed by atoms with Gasteiger partial charge in [0.25, 0.3) is 0 Å². The highest BCUT2D eigenvalue weighted by atomic mass is 35.5. The predicted octanol–water partition coefficient (Wildman–Crippen LogP) is 3.57. The molecule has 23 heavy (non-hydrogen) atoms. The average Bonchev–Trinajstić information content (AvgIpc) is 3.12. The lowest BCUT2D eigenvalue weighted by Crippen LogP contribution is -2.46. The zero-order valence-electron chi connectivity index (χ0n) is 12.2. The molecular weight excluding hydrogens is 328 g/mol. The van der Waals surface area contributed by atoms with Crippen molar-refractivity contribution in [2.75, 3.05) is 0 Å². The van der Waals surface area contributed by atoms with Crippen molar-refractivity contribution in [3.8, 4) is 0 Å². The van der Waals surface area contributed by atoms with Crippen LogP contribution in [0, 0.1) is 0 Å². The zero-order valence-corrected chi connectivity index (χ0v) is 13.8. The first-order valence-electron chi connectivity index (χ1n) is 7.11. The van der Waals surface area contributed by atoms with Gasteiger partial charge in [-0.3, -0.25) is 4.79 Å². The first-order valence-corrected chi connectivity index (χ1v) is 8.43. The lowest BCUT2D eigenvalue weighted by atomic mass is 9.72. The Morgan fingerprint density at radius 3 is 1.96 bits per heavy atom. The number of aromatic nitrogens is 1. The van der Waals surface area contributed by atoms with E-state index in [0.717, 1.165) is 16.1 Å². The summed E-state index contributed by atoms with van der Waals surface area (Å²) in [6.45, 7) is 0. The summed E-state index contributed by atoms with van der Waals surface area (Å²) in [5, 5.41) is 1.66. The lowest BCUT2D eigenvalue weighted by molar-refractivity contribution is -0.118. The number of primary amides is 1. The second-order valence-electron chi connectivity index (χ2n) is 5.14. The van der Waals surface area contributed by atoms with Crippen molar-refractivity contribution >= 4 is 28.8 Å². The third-order valence-electron chi connectivity index (χ3n) is 3.86. The second kappa shape index (κ2) is 6.52. The van der Waals surface area contributed by atoms with E-state index in [2.05, 4.69) is 4.98 Å². The molecule has 1 atom stereocenters. The number of hydrogen-bond donors (Lipinski definition) is 1. The molecule has 0 aliphatic heterocycles. The predicted molar refractivity (Wildman–Crippen MR) is 93.7 cm³/mol. The van der Waals surface area contributed by atoms with Gasteiger partial charge in [0.1, 0.15) is 10.4 Å². The molecule has 0 bridgehead atoms. The van der Waals surface area contributed by atoms with Crippen molar-refractivity contribution in [3.05, 3.63) is 88.4 Å². The fourth-order valence-corrected chi connectivity index (χ4v) is 4.18. The maximum absolute atomic E-state index is 12.1. The van der Waals surface area contributed by atoms with Crippen molar-refractivity contribution in [3.63, 3.8) is 0 Å². The van der Waals surface area contributed by atoms with Crippen LogP contribution < -0.4 is 5.73 Å². The number of halogens is 1. The first kappa shape index (κ1) is 15.7. The van der Waals surface area contributed by atoms with Crippen molar-refractivity contribution in [1.29, 1.82) is 0 Å². The molecule has 3 aromatic rings. The summed E-state index contributed by atoms with van der Waals surface area (Å²) in [4.78, 5) is 16.5. The van der Waals surface area contributed by atoms with Gasteiger partial charge in [-0.25, -0.2) is 4.98 Å². The topological polar surface area (TPSA) is 56.0 Å². The smallest absolute Gasteiger partial charge is 0.237 e. The Morgan fingerprint density at radius 1 is 1.04 bits per heavy atom. The molecule has 1 heterocycles. The van der Waals surface area contributed by atoms with Gasteiger partial charge in [0.2, 0.25) is 5.91 Å². The Labute approximate surface area is 143 Å². The Hall–Kier alpha value is -2.17. The molecule has 1 amide bonds. The Bertz CT molecular complexity index is 736. The van der Waals surface area contributed by atoms with Gasteiger partial charge in [-0.1, -0.05) is 60.7 Å². The summed E-state index contributed by atoms with van der Waals surface area (Å²) in [6.07, 6.45) is 1.71. The normalized spacial score (nSPS) is 12.7. The largest absolute Gasteiger partial charge is 0.368 e. The van der Waals surface area contributed by atoms with E-state index in [1.807, 2.05) is 66.0 Å². The molecule has 0 fully saturated rings. The number of amides is 1. The molecule has 3 rings (SSSR count). The minimum Gasteiger partial charge on any atom is -0.368 e. The van der Waals surface area contributed by atoms with E-state index in [9.17, 15) is 4.79 Å². The zero-order chi connectivity index (χ0) is 16.3. The van der Waals surface area contributed by atoms with Crippen LogP contribution in [0.25, 0.3) is 0 Å². The number of carbonyl (C=O) groups excluding carboxylic acids is 1.